The maximum Gasteiger partial charge on any atom is 0.309 e. The summed E-state index contributed by atoms with van der Waals surface area (Å²) in [6, 6.07) is 16.3. The molecule has 0 bridgehead atoms. The van der Waals surface area contributed by atoms with E-state index in [4.69, 9.17) is 25.8 Å². The molecule has 1 N–H and O–H groups in total. The molecule has 0 saturated carbocycles. The molecule has 7 nitrogen and oxygen atoms in total. The minimum absolute atomic E-state index is 0.129. The molecule has 0 aliphatic rings. The Morgan fingerprint density at radius 2 is 1.77 bits per heavy atom. The number of benzene rings is 2. The molecule has 184 valence electrons. The monoisotopic (exact) mass is 497 g/mol. The van der Waals surface area contributed by atoms with Gasteiger partial charge in [-0.05, 0) is 37.1 Å². The van der Waals surface area contributed by atoms with Crippen molar-refractivity contribution >= 4 is 23.4 Å². The van der Waals surface area contributed by atoms with Gasteiger partial charge in [0.15, 0.2) is 29.1 Å². The molecule has 0 amide bonds. The van der Waals surface area contributed by atoms with Crippen molar-refractivity contribution in [1.82, 2.24) is 4.98 Å². The van der Waals surface area contributed by atoms with Crippen molar-refractivity contribution in [3.8, 4) is 17.2 Å². The summed E-state index contributed by atoms with van der Waals surface area (Å²) < 4.78 is 16.9. The van der Waals surface area contributed by atoms with E-state index in [-0.39, 0.29) is 23.6 Å². The van der Waals surface area contributed by atoms with Crippen molar-refractivity contribution < 1.29 is 28.9 Å². The van der Waals surface area contributed by atoms with Crippen LogP contribution in [0.25, 0.3) is 0 Å². The standard InChI is InChI=1S/C27H28ClNO6/c1-16-10-11-22(20(28)14-16)35-26(19-8-6-5-7-9-19)18(3)34-27(32)17(2)15-21(30)24-25(31)23(33-4)12-13-29-24/h5-14,17-18,26,31H,15H2,1-4H3/t17-,18+,26+/m1/s1. The van der Waals surface area contributed by atoms with Crippen LogP contribution >= 0.6 is 11.6 Å². The number of nitrogens with zero attached hydrogens (tertiary/aromatic N) is 1. The Kier molecular flexibility index (Phi) is 8.71. The topological polar surface area (TPSA) is 95.0 Å². The highest BCUT2D eigenvalue weighted by Gasteiger charge is 2.29. The lowest BCUT2D eigenvalue weighted by Gasteiger charge is -2.27. The maximum atomic E-state index is 12.9. The number of aromatic nitrogens is 1. The first-order chi connectivity index (χ1) is 16.7. The van der Waals surface area contributed by atoms with E-state index in [0.29, 0.717) is 10.8 Å². The minimum atomic E-state index is -0.781. The van der Waals surface area contributed by atoms with Crippen molar-refractivity contribution in [2.24, 2.45) is 5.92 Å². The molecule has 3 rings (SSSR count). The summed E-state index contributed by atoms with van der Waals surface area (Å²) in [5, 5.41) is 10.6. The average Bonchev–Trinajstić information content (AvgIpc) is 2.84. The number of aryl methyl sites for hydroxylation is 1. The molecular formula is C27H28ClNO6. The summed E-state index contributed by atoms with van der Waals surface area (Å²) in [5.41, 5.74) is 1.64. The van der Waals surface area contributed by atoms with Gasteiger partial charge in [-0.2, -0.15) is 0 Å². The molecule has 0 fully saturated rings. The normalized spacial score (nSPS) is 13.4. The van der Waals surface area contributed by atoms with Gasteiger partial charge in [0.25, 0.3) is 0 Å². The molecular weight excluding hydrogens is 470 g/mol. The SMILES string of the molecule is COc1ccnc(C(=O)C[C@@H](C)C(=O)O[C@@H](C)[C@H](Oc2ccc(C)cc2Cl)c2ccccc2)c1O. The van der Waals surface area contributed by atoms with E-state index in [1.807, 2.05) is 43.3 Å². The van der Waals surface area contributed by atoms with E-state index in [2.05, 4.69) is 4.98 Å². The lowest BCUT2D eigenvalue weighted by atomic mass is 10.0. The summed E-state index contributed by atoms with van der Waals surface area (Å²) >= 11 is 6.37. The molecule has 35 heavy (non-hydrogen) atoms. The highest BCUT2D eigenvalue weighted by molar-refractivity contribution is 6.32. The highest BCUT2D eigenvalue weighted by atomic mass is 35.5. The molecule has 0 aliphatic heterocycles. The van der Waals surface area contributed by atoms with Crippen molar-refractivity contribution in [1.29, 1.82) is 0 Å². The van der Waals surface area contributed by atoms with Crippen LogP contribution in [0.15, 0.2) is 60.8 Å². The van der Waals surface area contributed by atoms with Crippen LogP contribution in [0.4, 0.5) is 0 Å². The zero-order valence-corrected chi connectivity index (χ0v) is 20.8. The first-order valence-corrected chi connectivity index (χ1v) is 11.5. The Balaban J connectivity index is 1.73. The molecule has 1 heterocycles. The van der Waals surface area contributed by atoms with Crippen LogP contribution in [0, 0.1) is 12.8 Å². The third-order valence-electron chi connectivity index (χ3n) is 5.46. The number of pyridine rings is 1. The third-order valence-corrected chi connectivity index (χ3v) is 5.76. The maximum absolute atomic E-state index is 12.9. The van der Waals surface area contributed by atoms with Gasteiger partial charge < -0.3 is 19.3 Å². The van der Waals surface area contributed by atoms with Crippen LogP contribution in [-0.4, -0.2) is 35.1 Å². The lowest BCUT2D eigenvalue weighted by molar-refractivity contribution is -0.157. The molecule has 8 heteroatoms. The second-order valence-electron chi connectivity index (χ2n) is 8.26. The number of carbonyl (C=O) groups excluding carboxylic acids is 2. The predicted octanol–water partition coefficient (Wildman–Crippen LogP) is 5.72. The number of rotatable bonds is 10. The minimum Gasteiger partial charge on any atom is -0.503 e. The number of aromatic hydroxyl groups is 1. The number of ether oxygens (including phenoxy) is 3. The van der Waals surface area contributed by atoms with Crippen LogP contribution in [0.5, 0.6) is 17.2 Å². The number of hydrogen-bond donors (Lipinski definition) is 1. The Morgan fingerprint density at radius 1 is 1.06 bits per heavy atom. The van der Waals surface area contributed by atoms with Crippen molar-refractivity contribution in [3.63, 3.8) is 0 Å². The van der Waals surface area contributed by atoms with Gasteiger partial charge in [-0.25, -0.2) is 4.98 Å². The molecule has 0 spiro atoms. The van der Waals surface area contributed by atoms with E-state index in [1.54, 1.807) is 26.0 Å². The largest absolute Gasteiger partial charge is 0.503 e. The van der Waals surface area contributed by atoms with E-state index >= 15 is 0 Å². The van der Waals surface area contributed by atoms with E-state index in [9.17, 15) is 14.7 Å². The molecule has 3 atom stereocenters. The number of carbonyl (C=O) groups is 2. The zero-order valence-electron chi connectivity index (χ0n) is 20.0. The molecule has 1 aromatic heterocycles. The van der Waals surface area contributed by atoms with Gasteiger partial charge in [0, 0.05) is 18.7 Å². The molecule has 2 aromatic carbocycles. The molecule has 0 radical (unpaired) electrons. The van der Waals surface area contributed by atoms with Gasteiger partial charge in [-0.1, -0.05) is 54.9 Å². The Morgan fingerprint density at radius 3 is 2.43 bits per heavy atom. The predicted molar refractivity (Wildman–Crippen MR) is 132 cm³/mol. The highest BCUT2D eigenvalue weighted by Crippen LogP contribution is 2.33. The summed E-state index contributed by atoms with van der Waals surface area (Å²) in [6.07, 6.45) is -0.162. The van der Waals surface area contributed by atoms with Crippen molar-refractivity contribution in [2.45, 2.75) is 39.4 Å². The van der Waals surface area contributed by atoms with Crippen LogP contribution < -0.4 is 9.47 Å². The van der Waals surface area contributed by atoms with Crippen LogP contribution in [-0.2, 0) is 9.53 Å². The third kappa shape index (κ3) is 6.51. The van der Waals surface area contributed by atoms with E-state index in [1.165, 1.54) is 19.4 Å². The fraction of sp³-hybridized carbons (Fsp3) is 0.296. The fourth-order valence-corrected chi connectivity index (χ4v) is 3.82. The summed E-state index contributed by atoms with van der Waals surface area (Å²) in [6.45, 7) is 5.24. The molecule has 0 unspecified atom stereocenters. The quantitative estimate of drug-likeness (QED) is 0.283. The number of hydrogen-bond acceptors (Lipinski definition) is 7. The summed E-state index contributed by atoms with van der Waals surface area (Å²) in [4.78, 5) is 29.5. The van der Waals surface area contributed by atoms with Gasteiger partial charge in [0.1, 0.15) is 11.9 Å². The van der Waals surface area contributed by atoms with Crippen molar-refractivity contribution in [3.05, 3.63) is 82.6 Å². The van der Waals surface area contributed by atoms with Gasteiger partial charge in [-0.3, -0.25) is 9.59 Å². The smallest absolute Gasteiger partial charge is 0.309 e. The Labute approximate surface area is 209 Å². The van der Waals surface area contributed by atoms with Crippen LogP contribution in [0.2, 0.25) is 5.02 Å². The fourth-order valence-electron chi connectivity index (χ4n) is 3.54. The number of ketones is 1. The Hall–Kier alpha value is -3.58. The lowest BCUT2D eigenvalue weighted by Crippen LogP contribution is -2.30. The van der Waals surface area contributed by atoms with Gasteiger partial charge >= 0.3 is 5.97 Å². The van der Waals surface area contributed by atoms with Gasteiger partial charge in [0.05, 0.1) is 18.1 Å². The number of methoxy groups -OCH3 is 1. The number of Topliss-reactive ketones (excluding diaryl/α,β-unsaturated/α-hetero) is 1. The Bertz CT molecular complexity index is 1180. The van der Waals surface area contributed by atoms with Gasteiger partial charge in [-0.15, -0.1) is 0 Å². The second kappa shape index (κ2) is 11.7. The first-order valence-electron chi connectivity index (χ1n) is 11.1. The second-order valence-corrected chi connectivity index (χ2v) is 8.67. The van der Waals surface area contributed by atoms with E-state index in [0.717, 1.165) is 11.1 Å². The molecule has 3 aromatic rings. The first kappa shape index (κ1) is 26.0. The summed E-state index contributed by atoms with van der Waals surface area (Å²) in [7, 11) is 1.37. The number of esters is 1. The average molecular weight is 498 g/mol. The van der Waals surface area contributed by atoms with E-state index < -0.39 is 29.9 Å². The van der Waals surface area contributed by atoms with Gasteiger partial charge in [0.2, 0.25) is 0 Å². The van der Waals surface area contributed by atoms with Crippen LogP contribution in [0.1, 0.15) is 48.0 Å². The van der Waals surface area contributed by atoms with Crippen LogP contribution in [0.3, 0.4) is 0 Å². The summed E-state index contributed by atoms with van der Waals surface area (Å²) in [5.74, 6) is -1.62. The van der Waals surface area contributed by atoms with Crippen molar-refractivity contribution in [2.75, 3.05) is 7.11 Å². The molecule has 0 saturated heterocycles. The molecule has 0 aliphatic carbocycles. The number of halogens is 1. The zero-order chi connectivity index (χ0) is 25.5.